The molecule has 0 spiro atoms. The number of ether oxygens (including phenoxy) is 1. The Balaban J connectivity index is 1.76. The molecule has 0 unspecified atom stereocenters. The van der Waals surface area contributed by atoms with E-state index in [2.05, 4.69) is 5.32 Å². The van der Waals surface area contributed by atoms with E-state index < -0.39 is 5.60 Å². The van der Waals surface area contributed by atoms with Crippen LogP contribution in [0.1, 0.15) is 51.4 Å². The second kappa shape index (κ2) is 6.53. The number of nitrogens with one attached hydrogen (secondary N) is 1. The molecule has 0 aromatic heterocycles. The van der Waals surface area contributed by atoms with Crippen molar-refractivity contribution in [2.75, 3.05) is 19.8 Å². The second-order valence-electron chi connectivity index (χ2n) is 5.74. The van der Waals surface area contributed by atoms with Crippen LogP contribution < -0.4 is 5.32 Å². The molecule has 1 saturated carbocycles. The molecule has 1 amide bonds. The van der Waals surface area contributed by atoms with Crippen molar-refractivity contribution in [2.45, 2.75) is 57.0 Å². The van der Waals surface area contributed by atoms with Crippen LogP contribution in [0.3, 0.4) is 0 Å². The Hall–Kier alpha value is -0.610. The fraction of sp³-hybridized carbons (Fsp3) is 0.929. The topological polar surface area (TPSA) is 58.6 Å². The minimum absolute atomic E-state index is 0.0770. The van der Waals surface area contributed by atoms with Crippen LogP contribution in [0.2, 0.25) is 0 Å². The lowest BCUT2D eigenvalue weighted by Gasteiger charge is -2.28. The SMILES string of the molecule is O=C(NCC1(O)CCCCCC1)C1CCOCC1. The number of aliphatic hydroxyl groups is 1. The van der Waals surface area contributed by atoms with E-state index in [9.17, 15) is 9.90 Å². The summed E-state index contributed by atoms with van der Waals surface area (Å²) in [6.07, 6.45) is 7.82. The maximum atomic E-state index is 12.0. The monoisotopic (exact) mass is 255 g/mol. The number of rotatable bonds is 3. The third-order valence-corrected chi connectivity index (χ3v) is 4.22. The molecule has 4 heteroatoms. The van der Waals surface area contributed by atoms with Crippen LogP contribution in [0.25, 0.3) is 0 Å². The lowest BCUT2D eigenvalue weighted by Crippen LogP contribution is -2.45. The first-order chi connectivity index (χ1) is 8.70. The summed E-state index contributed by atoms with van der Waals surface area (Å²) in [4.78, 5) is 12.0. The Bertz CT molecular complexity index is 266. The highest BCUT2D eigenvalue weighted by molar-refractivity contribution is 5.78. The van der Waals surface area contributed by atoms with Crippen molar-refractivity contribution in [1.29, 1.82) is 0 Å². The molecular formula is C14H25NO3. The second-order valence-corrected chi connectivity index (χ2v) is 5.74. The zero-order valence-corrected chi connectivity index (χ0v) is 11.1. The number of hydrogen-bond acceptors (Lipinski definition) is 3. The van der Waals surface area contributed by atoms with E-state index in [0.29, 0.717) is 19.8 Å². The molecule has 0 aromatic rings. The highest BCUT2D eigenvalue weighted by Gasteiger charge is 2.30. The van der Waals surface area contributed by atoms with Gasteiger partial charge in [-0.25, -0.2) is 0 Å². The van der Waals surface area contributed by atoms with Crippen LogP contribution in [0.15, 0.2) is 0 Å². The van der Waals surface area contributed by atoms with Crippen molar-refractivity contribution in [3.63, 3.8) is 0 Å². The number of hydrogen-bond donors (Lipinski definition) is 2. The molecule has 104 valence electrons. The largest absolute Gasteiger partial charge is 0.388 e. The zero-order valence-electron chi connectivity index (χ0n) is 11.1. The molecule has 4 nitrogen and oxygen atoms in total. The molecular weight excluding hydrogens is 230 g/mol. The number of amides is 1. The van der Waals surface area contributed by atoms with E-state index in [1.54, 1.807) is 0 Å². The van der Waals surface area contributed by atoms with E-state index in [4.69, 9.17) is 4.74 Å². The van der Waals surface area contributed by atoms with E-state index in [-0.39, 0.29) is 11.8 Å². The molecule has 2 fully saturated rings. The quantitative estimate of drug-likeness (QED) is 0.753. The van der Waals surface area contributed by atoms with Gasteiger partial charge in [-0.15, -0.1) is 0 Å². The van der Waals surface area contributed by atoms with Gasteiger partial charge in [0.1, 0.15) is 0 Å². The molecule has 0 bridgehead atoms. The summed E-state index contributed by atoms with van der Waals surface area (Å²) in [5.41, 5.74) is -0.669. The van der Waals surface area contributed by atoms with Gasteiger partial charge in [0.2, 0.25) is 5.91 Å². The van der Waals surface area contributed by atoms with Crippen LogP contribution in [0.5, 0.6) is 0 Å². The zero-order chi connectivity index (χ0) is 12.8. The first-order valence-electron chi connectivity index (χ1n) is 7.27. The molecule has 2 aliphatic rings. The minimum Gasteiger partial charge on any atom is -0.388 e. The first kappa shape index (κ1) is 13.8. The molecule has 18 heavy (non-hydrogen) atoms. The van der Waals surface area contributed by atoms with E-state index in [1.165, 1.54) is 12.8 Å². The molecule has 2 rings (SSSR count). The summed E-state index contributed by atoms with van der Waals surface area (Å²) in [5, 5.41) is 13.4. The third kappa shape index (κ3) is 3.95. The van der Waals surface area contributed by atoms with Gasteiger partial charge in [-0.2, -0.15) is 0 Å². The Morgan fingerprint density at radius 3 is 2.39 bits per heavy atom. The molecule has 1 aliphatic heterocycles. The van der Waals surface area contributed by atoms with Crippen LogP contribution in [0, 0.1) is 5.92 Å². The molecule has 1 heterocycles. The minimum atomic E-state index is -0.669. The summed E-state index contributed by atoms with van der Waals surface area (Å²) >= 11 is 0. The van der Waals surface area contributed by atoms with E-state index in [0.717, 1.165) is 38.5 Å². The molecule has 0 atom stereocenters. The molecule has 1 aliphatic carbocycles. The average Bonchev–Trinajstić information content (AvgIpc) is 2.62. The van der Waals surface area contributed by atoms with Gasteiger partial charge < -0.3 is 15.2 Å². The third-order valence-electron chi connectivity index (χ3n) is 4.22. The lowest BCUT2D eigenvalue weighted by atomic mass is 9.93. The lowest BCUT2D eigenvalue weighted by molar-refractivity contribution is -0.129. The number of carbonyl (C=O) groups excluding carboxylic acids is 1. The summed E-state index contributed by atoms with van der Waals surface area (Å²) in [7, 11) is 0. The van der Waals surface area contributed by atoms with Crippen molar-refractivity contribution in [2.24, 2.45) is 5.92 Å². The van der Waals surface area contributed by atoms with Crippen LogP contribution in [0.4, 0.5) is 0 Å². The normalized spacial score (nSPS) is 25.4. The van der Waals surface area contributed by atoms with E-state index in [1.807, 2.05) is 0 Å². The van der Waals surface area contributed by atoms with Crippen molar-refractivity contribution in [3.8, 4) is 0 Å². The Kier molecular flexibility index (Phi) is 5.01. The van der Waals surface area contributed by atoms with Gasteiger partial charge in [-0.1, -0.05) is 25.7 Å². The molecule has 0 aromatic carbocycles. The Morgan fingerprint density at radius 2 is 1.78 bits per heavy atom. The van der Waals surface area contributed by atoms with Gasteiger partial charge in [0, 0.05) is 25.7 Å². The van der Waals surface area contributed by atoms with Crippen molar-refractivity contribution in [3.05, 3.63) is 0 Å². The highest BCUT2D eigenvalue weighted by Crippen LogP contribution is 2.26. The van der Waals surface area contributed by atoms with Crippen LogP contribution >= 0.6 is 0 Å². The van der Waals surface area contributed by atoms with Crippen LogP contribution in [-0.4, -0.2) is 36.4 Å². The summed E-state index contributed by atoms with van der Waals surface area (Å²) in [6, 6.07) is 0. The summed E-state index contributed by atoms with van der Waals surface area (Å²) in [6.45, 7) is 1.79. The van der Waals surface area contributed by atoms with Gasteiger partial charge in [-0.3, -0.25) is 4.79 Å². The maximum absolute atomic E-state index is 12.0. The van der Waals surface area contributed by atoms with Crippen molar-refractivity contribution in [1.82, 2.24) is 5.32 Å². The average molecular weight is 255 g/mol. The predicted octanol–water partition coefficient (Wildman–Crippen LogP) is 1.61. The standard InChI is InChI=1S/C14H25NO3/c16-13(12-5-9-18-10-6-12)15-11-14(17)7-3-1-2-4-8-14/h12,17H,1-11H2,(H,15,16). The van der Waals surface area contributed by atoms with Crippen LogP contribution in [-0.2, 0) is 9.53 Å². The van der Waals surface area contributed by atoms with Gasteiger partial charge >= 0.3 is 0 Å². The number of carbonyl (C=O) groups is 1. The Labute approximate surface area is 109 Å². The molecule has 2 N–H and O–H groups in total. The fourth-order valence-electron chi connectivity index (χ4n) is 2.92. The predicted molar refractivity (Wildman–Crippen MR) is 69.2 cm³/mol. The highest BCUT2D eigenvalue weighted by atomic mass is 16.5. The Morgan fingerprint density at radius 1 is 1.17 bits per heavy atom. The smallest absolute Gasteiger partial charge is 0.223 e. The van der Waals surface area contributed by atoms with Gasteiger partial charge in [-0.05, 0) is 25.7 Å². The summed E-state index contributed by atoms with van der Waals surface area (Å²) < 4.78 is 5.25. The summed E-state index contributed by atoms with van der Waals surface area (Å²) in [5.74, 6) is 0.170. The molecule has 0 radical (unpaired) electrons. The van der Waals surface area contributed by atoms with E-state index >= 15 is 0 Å². The molecule has 1 saturated heterocycles. The van der Waals surface area contributed by atoms with Crippen molar-refractivity contribution >= 4 is 5.91 Å². The maximum Gasteiger partial charge on any atom is 0.223 e. The van der Waals surface area contributed by atoms with Crippen molar-refractivity contribution < 1.29 is 14.6 Å². The van der Waals surface area contributed by atoms with Gasteiger partial charge in [0.05, 0.1) is 5.60 Å². The first-order valence-corrected chi connectivity index (χ1v) is 7.27. The van der Waals surface area contributed by atoms with Gasteiger partial charge in [0.25, 0.3) is 0 Å². The van der Waals surface area contributed by atoms with Gasteiger partial charge in [0.15, 0.2) is 0 Å². The fourth-order valence-corrected chi connectivity index (χ4v) is 2.92.